The summed E-state index contributed by atoms with van der Waals surface area (Å²) in [6.07, 6.45) is 1.52. The van der Waals surface area contributed by atoms with Crippen LogP contribution in [0.25, 0.3) is 0 Å². The van der Waals surface area contributed by atoms with E-state index in [2.05, 4.69) is 6.92 Å². The molecule has 0 aliphatic carbocycles. The third kappa shape index (κ3) is 2.58. The molecule has 1 N–H and O–H groups in total. The number of nitro groups is 1. The Labute approximate surface area is 95.1 Å². The molecule has 4 heteroatoms. The summed E-state index contributed by atoms with van der Waals surface area (Å²) in [6, 6.07) is 5.20. The standard InChI is InChI=1S/C12H16NO3/c1-3-5-10-6-4-7-11(9(2)8-14)12(10)13(15)16/h4,6-7,9,14H,2-3,5,8H2,1H3. The number of nitrogens with zero attached hydrogens (tertiary/aromatic N) is 1. The Morgan fingerprint density at radius 2 is 2.25 bits per heavy atom. The van der Waals surface area contributed by atoms with Gasteiger partial charge in [0.15, 0.2) is 0 Å². The van der Waals surface area contributed by atoms with Gasteiger partial charge in [-0.05, 0) is 13.3 Å². The molecule has 0 aromatic heterocycles. The van der Waals surface area contributed by atoms with Crippen molar-refractivity contribution in [2.75, 3.05) is 6.61 Å². The third-order valence-electron chi connectivity index (χ3n) is 2.51. The van der Waals surface area contributed by atoms with E-state index in [1.54, 1.807) is 18.2 Å². The van der Waals surface area contributed by atoms with Crippen molar-refractivity contribution >= 4 is 5.69 Å². The first-order valence-corrected chi connectivity index (χ1v) is 5.31. The van der Waals surface area contributed by atoms with E-state index >= 15 is 0 Å². The van der Waals surface area contributed by atoms with E-state index in [1.807, 2.05) is 6.92 Å². The maximum atomic E-state index is 11.0. The van der Waals surface area contributed by atoms with E-state index in [4.69, 9.17) is 5.11 Å². The Kier molecular flexibility index (Phi) is 4.43. The molecular weight excluding hydrogens is 206 g/mol. The molecule has 4 nitrogen and oxygen atoms in total. The molecule has 0 fully saturated rings. The molecule has 1 aromatic carbocycles. The second-order valence-corrected chi connectivity index (χ2v) is 3.74. The summed E-state index contributed by atoms with van der Waals surface area (Å²) in [5.74, 6) is -0.447. The number of hydrogen-bond donors (Lipinski definition) is 1. The van der Waals surface area contributed by atoms with Crippen LogP contribution in [0.4, 0.5) is 5.69 Å². The van der Waals surface area contributed by atoms with Gasteiger partial charge in [0.25, 0.3) is 5.69 Å². The van der Waals surface area contributed by atoms with Crippen molar-refractivity contribution in [2.24, 2.45) is 0 Å². The first-order chi connectivity index (χ1) is 7.61. The van der Waals surface area contributed by atoms with Crippen molar-refractivity contribution in [2.45, 2.75) is 25.7 Å². The number of rotatable bonds is 5. The lowest BCUT2D eigenvalue weighted by molar-refractivity contribution is -0.386. The number of aliphatic hydroxyl groups excluding tert-OH is 1. The van der Waals surface area contributed by atoms with Crippen molar-refractivity contribution in [3.05, 3.63) is 46.4 Å². The molecule has 0 bridgehead atoms. The van der Waals surface area contributed by atoms with Gasteiger partial charge in [-0.2, -0.15) is 0 Å². The molecule has 1 rings (SSSR count). The van der Waals surface area contributed by atoms with Gasteiger partial charge in [-0.15, -0.1) is 0 Å². The molecule has 1 unspecified atom stereocenters. The lowest BCUT2D eigenvalue weighted by atomic mass is 9.95. The van der Waals surface area contributed by atoms with Crippen molar-refractivity contribution in [1.29, 1.82) is 0 Å². The molecule has 0 amide bonds. The Balaban J connectivity index is 3.26. The number of benzene rings is 1. The van der Waals surface area contributed by atoms with Gasteiger partial charge in [0.2, 0.25) is 0 Å². The fraction of sp³-hybridized carbons (Fsp3) is 0.417. The van der Waals surface area contributed by atoms with E-state index < -0.39 is 5.92 Å². The zero-order valence-electron chi connectivity index (χ0n) is 9.35. The van der Waals surface area contributed by atoms with Crippen LogP contribution in [0.15, 0.2) is 18.2 Å². The van der Waals surface area contributed by atoms with Gasteiger partial charge < -0.3 is 5.11 Å². The van der Waals surface area contributed by atoms with Crippen LogP contribution in [0, 0.1) is 17.0 Å². The summed E-state index contributed by atoms with van der Waals surface area (Å²) < 4.78 is 0. The predicted octanol–water partition coefficient (Wildman–Crippen LogP) is 2.46. The largest absolute Gasteiger partial charge is 0.396 e. The van der Waals surface area contributed by atoms with Crippen LogP contribution >= 0.6 is 0 Å². The molecule has 16 heavy (non-hydrogen) atoms. The molecule has 87 valence electrons. The van der Waals surface area contributed by atoms with Crippen LogP contribution < -0.4 is 0 Å². The maximum absolute atomic E-state index is 11.0. The molecule has 0 spiro atoms. The average Bonchev–Trinajstić information content (AvgIpc) is 2.27. The van der Waals surface area contributed by atoms with E-state index in [-0.39, 0.29) is 17.2 Å². The first kappa shape index (κ1) is 12.6. The molecule has 0 aliphatic rings. The number of aliphatic hydroxyl groups is 1. The van der Waals surface area contributed by atoms with Gasteiger partial charge in [0.05, 0.1) is 11.5 Å². The van der Waals surface area contributed by atoms with Crippen molar-refractivity contribution in [3.63, 3.8) is 0 Å². The van der Waals surface area contributed by atoms with Gasteiger partial charge in [-0.3, -0.25) is 10.1 Å². The lowest BCUT2D eigenvalue weighted by Crippen LogP contribution is -2.06. The minimum atomic E-state index is -0.447. The molecule has 0 heterocycles. The third-order valence-corrected chi connectivity index (χ3v) is 2.51. The topological polar surface area (TPSA) is 63.4 Å². The highest BCUT2D eigenvalue weighted by Gasteiger charge is 2.22. The summed E-state index contributed by atoms with van der Waals surface area (Å²) in [4.78, 5) is 10.7. The zero-order valence-corrected chi connectivity index (χ0v) is 9.35. The SMILES string of the molecule is [CH2]C(CO)c1cccc(CCC)c1[N+](=O)[O-]. The molecule has 0 saturated heterocycles. The smallest absolute Gasteiger partial charge is 0.276 e. The van der Waals surface area contributed by atoms with Crippen LogP contribution in [0.1, 0.15) is 30.4 Å². The Hall–Kier alpha value is -1.42. The molecule has 0 saturated carbocycles. The van der Waals surface area contributed by atoms with Crippen molar-refractivity contribution in [3.8, 4) is 0 Å². The van der Waals surface area contributed by atoms with Crippen molar-refractivity contribution in [1.82, 2.24) is 0 Å². The lowest BCUT2D eigenvalue weighted by Gasteiger charge is -2.11. The number of nitro benzene ring substituents is 1. The van der Waals surface area contributed by atoms with E-state index in [0.717, 1.165) is 6.42 Å². The first-order valence-electron chi connectivity index (χ1n) is 5.31. The highest BCUT2D eigenvalue weighted by Crippen LogP contribution is 2.30. The van der Waals surface area contributed by atoms with E-state index in [9.17, 15) is 10.1 Å². The predicted molar refractivity (Wildman–Crippen MR) is 62.3 cm³/mol. The fourth-order valence-corrected chi connectivity index (χ4v) is 1.73. The monoisotopic (exact) mass is 222 g/mol. The summed E-state index contributed by atoms with van der Waals surface area (Å²) >= 11 is 0. The summed E-state index contributed by atoms with van der Waals surface area (Å²) in [5.41, 5.74) is 1.34. The highest BCUT2D eigenvalue weighted by atomic mass is 16.6. The van der Waals surface area contributed by atoms with Gasteiger partial charge >= 0.3 is 0 Å². The molecule has 0 aliphatic heterocycles. The normalized spacial score (nSPS) is 12.4. The van der Waals surface area contributed by atoms with Gasteiger partial charge in [-0.1, -0.05) is 31.5 Å². The average molecular weight is 222 g/mol. The molecular formula is C12H16NO3. The van der Waals surface area contributed by atoms with Crippen LogP contribution in [-0.2, 0) is 6.42 Å². The number of hydrogen-bond acceptors (Lipinski definition) is 3. The van der Waals surface area contributed by atoms with Crippen LogP contribution in [0.5, 0.6) is 0 Å². The summed E-state index contributed by atoms with van der Waals surface area (Å²) in [6.45, 7) is 5.51. The van der Waals surface area contributed by atoms with Crippen LogP contribution in [0.3, 0.4) is 0 Å². The highest BCUT2D eigenvalue weighted by molar-refractivity contribution is 5.50. The summed E-state index contributed by atoms with van der Waals surface area (Å²) in [5, 5.41) is 20.1. The Bertz CT molecular complexity index is 377. The second kappa shape index (κ2) is 5.61. The molecule has 1 aromatic rings. The van der Waals surface area contributed by atoms with Gasteiger partial charge in [0.1, 0.15) is 0 Å². The molecule has 1 atom stereocenters. The maximum Gasteiger partial charge on any atom is 0.276 e. The summed E-state index contributed by atoms with van der Waals surface area (Å²) in [7, 11) is 0. The minimum absolute atomic E-state index is 0.110. The number of aryl methyl sites for hydroxylation is 1. The Morgan fingerprint density at radius 3 is 2.75 bits per heavy atom. The zero-order chi connectivity index (χ0) is 12.1. The number of para-hydroxylation sites is 1. The quantitative estimate of drug-likeness (QED) is 0.614. The van der Waals surface area contributed by atoms with Gasteiger partial charge in [0, 0.05) is 17.0 Å². The van der Waals surface area contributed by atoms with E-state index in [1.165, 1.54) is 0 Å². The minimum Gasteiger partial charge on any atom is -0.396 e. The fourth-order valence-electron chi connectivity index (χ4n) is 1.73. The van der Waals surface area contributed by atoms with Crippen LogP contribution in [-0.4, -0.2) is 16.6 Å². The molecule has 1 radical (unpaired) electrons. The van der Waals surface area contributed by atoms with Crippen molar-refractivity contribution < 1.29 is 10.0 Å². The van der Waals surface area contributed by atoms with Crippen LogP contribution in [0.2, 0.25) is 0 Å². The van der Waals surface area contributed by atoms with Gasteiger partial charge in [-0.25, -0.2) is 0 Å². The van der Waals surface area contributed by atoms with E-state index in [0.29, 0.717) is 17.5 Å². The second-order valence-electron chi connectivity index (χ2n) is 3.74. The Morgan fingerprint density at radius 1 is 1.56 bits per heavy atom.